The highest BCUT2D eigenvalue weighted by molar-refractivity contribution is 7.89. The summed E-state index contributed by atoms with van der Waals surface area (Å²) >= 11 is 0. The number of carbonyl (C=O) groups excluding carboxylic acids is 1. The van der Waals surface area contributed by atoms with Crippen LogP contribution in [0.25, 0.3) is 10.8 Å². The Balaban J connectivity index is 1.39. The number of nitrogens with zero attached hydrogens (tertiary/aromatic N) is 5. The van der Waals surface area contributed by atoms with Gasteiger partial charge in [0, 0.05) is 23.8 Å². The van der Waals surface area contributed by atoms with Crippen LogP contribution in [0.1, 0.15) is 62.1 Å². The summed E-state index contributed by atoms with van der Waals surface area (Å²) in [5, 5.41) is 13.8. The molecule has 0 radical (unpaired) electrons. The molecule has 10 nitrogen and oxygen atoms in total. The minimum absolute atomic E-state index is 0.0511. The molecule has 0 bridgehead atoms. The number of aliphatic hydroxyl groups is 1. The average Bonchev–Trinajstić information content (AvgIpc) is 3.61. The Morgan fingerprint density at radius 1 is 0.896 bits per heavy atom. The van der Waals surface area contributed by atoms with E-state index in [1.165, 1.54) is 35.7 Å². The number of sulfonamides is 1. The molecule has 1 atom stereocenters. The van der Waals surface area contributed by atoms with Gasteiger partial charge >= 0.3 is 0 Å². The number of pyridine rings is 1. The molecule has 48 heavy (non-hydrogen) atoms. The van der Waals surface area contributed by atoms with Gasteiger partial charge in [0.1, 0.15) is 12.8 Å². The van der Waals surface area contributed by atoms with Crippen LogP contribution in [0.15, 0.2) is 52.4 Å². The standard InChI is InChI=1S/C32H30F5N5O5S/c33-25-26(34)28(36)30(29(37)27(25)35)48(46,47)42-12-4-7-24(42)32(45)40(16-21-9-8-19(14-38-21)18-5-2-1-3-6-18)22-10-11-23-20(13-22)15-39-41(17-43)31(23)44/h8-11,13-15,18,24,43H,1-7,12,16-17H2. The van der Waals surface area contributed by atoms with Crippen molar-refractivity contribution in [3.05, 3.63) is 93.4 Å². The van der Waals surface area contributed by atoms with Gasteiger partial charge in [-0.15, -0.1) is 0 Å². The molecule has 1 saturated heterocycles. The van der Waals surface area contributed by atoms with Gasteiger partial charge in [0.25, 0.3) is 5.56 Å². The lowest BCUT2D eigenvalue weighted by Crippen LogP contribution is -2.48. The fourth-order valence-corrected chi connectivity index (χ4v) is 8.26. The summed E-state index contributed by atoms with van der Waals surface area (Å²) in [6, 6.07) is 6.36. The van der Waals surface area contributed by atoms with Gasteiger partial charge in [-0.3, -0.25) is 14.6 Å². The zero-order valence-electron chi connectivity index (χ0n) is 25.4. The second-order valence-corrected chi connectivity index (χ2v) is 13.7. The van der Waals surface area contributed by atoms with Crippen molar-refractivity contribution >= 4 is 32.4 Å². The lowest BCUT2D eigenvalue weighted by Gasteiger charge is -2.30. The maximum atomic E-state index is 14.7. The third-order valence-corrected chi connectivity index (χ3v) is 10.9. The van der Waals surface area contributed by atoms with Crippen LogP contribution in [0.2, 0.25) is 0 Å². The van der Waals surface area contributed by atoms with Gasteiger partial charge in [-0.25, -0.2) is 35.1 Å². The van der Waals surface area contributed by atoms with Crippen molar-refractivity contribution in [1.82, 2.24) is 19.1 Å². The maximum absolute atomic E-state index is 14.7. The fourth-order valence-electron chi connectivity index (χ4n) is 6.49. The van der Waals surface area contributed by atoms with E-state index in [9.17, 15) is 45.1 Å². The Kier molecular flexibility index (Phi) is 9.33. The predicted octanol–water partition coefficient (Wildman–Crippen LogP) is 4.87. The number of fused-ring (bicyclic) bond motifs is 1. The van der Waals surface area contributed by atoms with E-state index in [1.54, 1.807) is 12.3 Å². The van der Waals surface area contributed by atoms with Crippen molar-refractivity contribution in [2.75, 3.05) is 11.4 Å². The van der Waals surface area contributed by atoms with Crippen molar-refractivity contribution in [3.8, 4) is 0 Å². The first-order chi connectivity index (χ1) is 22.9. The number of benzene rings is 2. The van der Waals surface area contributed by atoms with Crippen molar-refractivity contribution < 1.29 is 40.3 Å². The molecule has 2 fully saturated rings. The molecule has 4 aromatic rings. The quantitative estimate of drug-likeness (QED) is 0.159. The van der Waals surface area contributed by atoms with Crippen LogP contribution in [0.3, 0.4) is 0 Å². The molecule has 254 valence electrons. The van der Waals surface area contributed by atoms with Crippen LogP contribution in [-0.2, 0) is 28.1 Å². The minimum Gasteiger partial charge on any atom is -0.374 e. The lowest BCUT2D eigenvalue weighted by molar-refractivity contribution is -0.121. The summed E-state index contributed by atoms with van der Waals surface area (Å²) in [7, 11) is -5.41. The van der Waals surface area contributed by atoms with Crippen LogP contribution in [0.5, 0.6) is 0 Å². The van der Waals surface area contributed by atoms with Crippen LogP contribution < -0.4 is 10.5 Å². The highest BCUT2D eigenvalue weighted by Crippen LogP contribution is 2.35. The molecule has 2 aromatic heterocycles. The lowest BCUT2D eigenvalue weighted by atomic mass is 9.85. The fraction of sp³-hybridized carbons (Fsp3) is 0.375. The van der Waals surface area contributed by atoms with Crippen LogP contribution in [0.4, 0.5) is 27.6 Å². The molecule has 3 heterocycles. The summed E-state index contributed by atoms with van der Waals surface area (Å²) in [5.41, 5.74) is 1.05. The number of halogens is 5. The van der Waals surface area contributed by atoms with Gasteiger partial charge in [-0.1, -0.05) is 25.3 Å². The minimum atomic E-state index is -5.41. The summed E-state index contributed by atoms with van der Waals surface area (Å²) in [6.45, 7) is -1.29. The highest BCUT2D eigenvalue weighted by atomic mass is 32.2. The summed E-state index contributed by atoms with van der Waals surface area (Å²) in [5.74, 6) is -12.9. The number of hydrogen-bond acceptors (Lipinski definition) is 7. The molecule has 1 saturated carbocycles. The average molecular weight is 692 g/mol. The van der Waals surface area contributed by atoms with Crippen LogP contribution >= 0.6 is 0 Å². The third-order valence-electron chi connectivity index (χ3n) is 9.02. The highest BCUT2D eigenvalue weighted by Gasteiger charge is 2.45. The number of anilines is 1. The Bertz CT molecular complexity index is 2030. The van der Waals surface area contributed by atoms with E-state index < -0.39 is 74.8 Å². The second kappa shape index (κ2) is 13.3. The first kappa shape index (κ1) is 33.6. The predicted molar refractivity (Wildman–Crippen MR) is 163 cm³/mol. The van der Waals surface area contributed by atoms with Crippen molar-refractivity contribution in [1.29, 1.82) is 0 Å². The molecule has 0 spiro atoms. The molecule has 2 aromatic carbocycles. The molecule has 1 aliphatic carbocycles. The monoisotopic (exact) mass is 691 g/mol. The zero-order valence-corrected chi connectivity index (χ0v) is 26.2. The third kappa shape index (κ3) is 5.96. The van der Waals surface area contributed by atoms with E-state index in [4.69, 9.17) is 0 Å². The Labute approximate surface area is 271 Å². The number of aromatic nitrogens is 3. The van der Waals surface area contributed by atoms with E-state index in [0.717, 1.165) is 35.9 Å². The zero-order chi connectivity index (χ0) is 34.3. The van der Waals surface area contributed by atoms with Crippen molar-refractivity contribution in [2.24, 2.45) is 0 Å². The molecule has 6 rings (SSSR count). The number of carbonyl (C=O) groups is 1. The normalized spacial score (nSPS) is 17.7. The topological polar surface area (TPSA) is 126 Å². The molecule has 2 aliphatic rings. The Morgan fingerprint density at radius 2 is 1.58 bits per heavy atom. The Hall–Kier alpha value is -4.28. The summed E-state index contributed by atoms with van der Waals surface area (Å²) in [4.78, 5) is 30.7. The maximum Gasteiger partial charge on any atom is 0.276 e. The van der Waals surface area contributed by atoms with Crippen LogP contribution in [-0.4, -0.2) is 51.1 Å². The Morgan fingerprint density at radius 3 is 2.23 bits per heavy atom. The number of hydrogen-bond donors (Lipinski definition) is 1. The molecule has 1 N–H and O–H groups in total. The molecule has 16 heteroatoms. The largest absolute Gasteiger partial charge is 0.374 e. The molecule has 1 unspecified atom stereocenters. The molecule has 1 amide bonds. The van der Waals surface area contributed by atoms with E-state index in [1.807, 2.05) is 6.07 Å². The van der Waals surface area contributed by atoms with Gasteiger partial charge < -0.3 is 10.0 Å². The van der Waals surface area contributed by atoms with Gasteiger partial charge in [0.15, 0.2) is 28.2 Å². The molecule has 1 aliphatic heterocycles. The van der Waals surface area contributed by atoms with Gasteiger partial charge in [0.05, 0.1) is 23.8 Å². The smallest absolute Gasteiger partial charge is 0.276 e. The first-order valence-electron chi connectivity index (χ1n) is 15.3. The SMILES string of the molecule is O=C(C1CCCN1S(=O)(=O)c1c(F)c(F)c(F)c(F)c1F)N(Cc1ccc(C2CCCCC2)cn1)c1ccc2c(=O)n(CO)ncc2c1. The number of rotatable bonds is 8. The van der Waals surface area contributed by atoms with Crippen LogP contribution in [0, 0.1) is 29.1 Å². The van der Waals surface area contributed by atoms with Crippen molar-refractivity contribution in [3.63, 3.8) is 0 Å². The van der Waals surface area contributed by atoms with Gasteiger partial charge in [0.2, 0.25) is 21.7 Å². The second-order valence-electron chi connectivity index (χ2n) is 11.9. The first-order valence-corrected chi connectivity index (χ1v) is 16.8. The van der Waals surface area contributed by atoms with E-state index in [-0.39, 0.29) is 35.8 Å². The van der Waals surface area contributed by atoms with Gasteiger partial charge in [-0.05, 0) is 61.4 Å². The summed E-state index contributed by atoms with van der Waals surface area (Å²) < 4.78 is 99.6. The number of aliphatic hydroxyl groups excluding tert-OH is 1. The van der Waals surface area contributed by atoms with E-state index >= 15 is 0 Å². The molecular formula is C32H30F5N5O5S. The summed E-state index contributed by atoms with van der Waals surface area (Å²) in [6.07, 6.45) is 8.42. The molecular weight excluding hydrogens is 661 g/mol. The van der Waals surface area contributed by atoms with Gasteiger partial charge in [-0.2, -0.15) is 9.40 Å². The van der Waals surface area contributed by atoms with Crippen molar-refractivity contribution in [2.45, 2.75) is 75.1 Å². The van der Waals surface area contributed by atoms with E-state index in [0.29, 0.717) is 15.9 Å². The van der Waals surface area contributed by atoms with E-state index in [2.05, 4.69) is 10.1 Å². The number of amides is 1.